The van der Waals surface area contributed by atoms with Gasteiger partial charge in [-0.3, -0.25) is 15.0 Å². The molecule has 0 aromatic carbocycles. The van der Waals surface area contributed by atoms with Crippen molar-refractivity contribution in [1.82, 2.24) is 15.1 Å². The molecule has 0 saturated carbocycles. The molecule has 1 N–H and O–H groups in total. The van der Waals surface area contributed by atoms with E-state index >= 15 is 0 Å². The molecule has 1 saturated heterocycles. The number of hydrogen-bond acceptors (Lipinski definition) is 5. The standard InChI is InChI=1S/C13H22N4OS/c1-4-11-15-16-13(19-11)14-12(18)10(3)17-7-5-9(2)6-8-17/h9-10H,4-8H2,1-3H3,(H,14,16,18)/t10-/m0/s1. The topological polar surface area (TPSA) is 58.1 Å². The predicted molar refractivity (Wildman–Crippen MR) is 77.3 cm³/mol. The van der Waals surface area contributed by atoms with Crippen LogP contribution in [0.4, 0.5) is 5.13 Å². The zero-order chi connectivity index (χ0) is 13.8. The molecular weight excluding hydrogens is 260 g/mol. The summed E-state index contributed by atoms with van der Waals surface area (Å²) < 4.78 is 0. The summed E-state index contributed by atoms with van der Waals surface area (Å²) in [6.45, 7) is 8.28. The average Bonchev–Trinajstić information content (AvgIpc) is 2.86. The van der Waals surface area contributed by atoms with Crippen molar-refractivity contribution >= 4 is 22.4 Å². The highest BCUT2D eigenvalue weighted by Gasteiger charge is 2.25. The highest BCUT2D eigenvalue weighted by atomic mass is 32.1. The van der Waals surface area contributed by atoms with Gasteiger partial charge in [0.25, 0.3) is 0 Å². The molecule has 0 radical (unpaired) electrons. The molecule has 1 aromatic heterocycles. The van der Waals surface area contributed by atoms with Crippen LogP contribution in [0.25, 0.3) is 0 Å². The van der Waals surface area contributed by atoms with Crippen LogP contribution >= 0.6 is 11.3 Å². The minimum atomic E-state index is -0.0959. The van der Waals surface area contributed by atoms with E-state index in [2.05, 4.69) is 27.3 Å². The molecular formula is C13H22N4OS. The molecule has 1 amide bonds. The molecule has 6 heteroatoms. The molecule has 0 bridgehead atoms. The molecule has 1 aliphatic heterocycles. The molecule has 19 heavy (non-hydrogen) atoms. The molecule has 1 aromatic rings. The van der Waals surface area contributed by atoms with E-state index in [1.807, 2.05) is 13.8 Å². The molecule has 0 aliphatic carbocycles. The molecule has 5 nitrogen and oxygen atoms in total. The van der Waals surface area contributed by atoms with Gasteiger partial charge in [0.1, 0.15) is 5.01 Å². The third kappa shape index (κ3) is 3.73. The maximum atomic E-state index is 12.2. The maximum absolute atomic E-state index is 12.2. The Morgan fingerprint density at radius 3 is 2.74 bits per heavy atom. The summed E-state index contributed by atoms with van der Waals surface area (Å²) in [5.74, 6) is 0.801. The van der Waals surface area contributed by atoms with Crippen molar-refractivity contribution in [2.75, 3.05) is 18.4 Å². The second-order valence-corrected chi connectivity index (χ2v) is 6.30. The number of likely N-dealkylation sites (tertiary alicyclic amines) is 1. The molecule has 0 unspecified atom stereocenters. The Morgan fingerprint density at radius 2 is 2.16 bits per heavy atom. The number of aromatic nitrogens is 2. The molecule has 2 heterocycles. The predicted octanol–water partition coefficient (Wildman–Crippen LogP) is 2.16. The SMILES string of the molecule is CCc1nnc(NC(=O)[C@H](C)N2CCC(C)CC2)s1. The normalized spacial score (nSPS) is 19.3. The van der Waals surface area contributed by atoms with Crippen LogP contribution in [0.15, 0.2) is 0 Å². The van der Waals surface area contributed by atoms with Crippen molar-refractivity contribution in [2.45, 2.75) is 46.1 Å². The molecule has 106 valence electrons. The molecule has 1 atom stereocenters. The van der Waals surface area contributed by atoms with Gasteiger partial charge in [-0.1, -0.05) is 25.2 Å². The summed E-state index contributed by atoms with van der Waals surface area (Å²) in [6.07, 6.45) is 3.21. The Bertz CT molecular complexity index is 426. The monoisotopic (exact) mass is 282 g/mol. The van der Waals surface area contributed by atoms with Crippen LogP contribution in [0.3, 0.4) is 0 Å². The summed E-state index contributed by atoms with van der Waals surface area (Å²) in [7, 11) is 0. The number of piperidine rings is 1. The van der Waals surface area contributed by atoms with Crippen molar-refractivity contribution in [3.05, 3.63) is 5.01 Å². The summed E-state index contributed by atoms with van der Waals surface area (Å²) in [5, 5.41) is 12.4. The van der Waals surface area contributed by atoms with E-state index in [0.29, 0.717) is 5.13 Å². The van der Waals surface area contributed by atoms with Crippen LogP contribution in [0, 0.1) is 5.92 Å². The van der Waals surface area contributed by atoms with Crippen LogP contribution < -0.4 is 5.32 Å². The number of anilines is 1. The van der Waals surface area contributed by atoms with Crippen LogP contribution in [0.2, 0.25) is 0 Å². The van der Waals surface area contributed by atoms with Gasteiger partial charge in [0.2, 0.25) is 11.0 Å². The first kappa shape index (κ1) is 14.4. The minimum Gasteiger partial charge on any atom is -0.299 e. The van der Waals surface area contributed by atoms with E-state index in [1.165, 1.54) is 24.2 Å². The highest BCUT2D eigenvalue weighted by Crippen LogP contribution is 2.20. The first-order valence-corrected chi connectivity index (χ1v) is 7.79. The average molecular weight is 282 g/mol. The van der Waals surface area contributed by atoms with E-state index < -0.39 is 0 Å². The summed E-state index contributed by atoms with van der Waals surface area (Å²) in [4.78, 5) is 14.4. The number of nitrogens with zero attached hydrogens (tertiary/aromatic N) is 3. The number of amides is 1. The number of carbonyl (C=O) groups is 1. The van der Waals surface area contributed by atoms with Crippen LogP contribution in [-0.2, 0) is 11.2 Å². The lowest BCUT2D eigenvalue weighted by Crippen LogP contribution is -2.45. The molecule has 1 aliphatic rings. The van der Waals surface area contributed by atoms with Gasteiger partial charge in [-0.25, -0.2) is 0 Å². The van der Waals surface area contributed by atoms with Gasteiger partial charge in [-0.15, -0.1) is 10.2 Å². The van der Waals surface area contributed by atoms with Gasteiger partial charge >= 0.3 is 0 Å². The molecule has 1 fully saturated rings. The zero-order valence-corrected chi connectivity index (χ0v) is 12.7. The minimum absolute atomic E-state index is 0.0216. The van der Waals surface area contributed by atoms with Gasteiger partial charge in [0.05, 0.1) is 6.04 Å². The van der Waals surface area contributed by atoms with Gasteiger partial charge in [0.15, 0.2) is 0 Å². The first-order chi connectivity index (χ1) is 9.10. The quantitative estimate of drug-likeness (QED) is 0.919. The Balaban J connectivity index is 1.88. The fourth-order valence-corrected chi connectivity index (χ4v) is 2.92. The molecule has 2 rings (SSSR count). The van der Waals surface area contributed by atoms with Gasteiger partial charge in [-0.2, -0.15) is 0 Å². The summed E-state index contributed by atoms with van der Waals surface area (Å²) in [5.41, 5.74) is 0. The van der Waals surface area contributed by atoms with Crippen LogP contribution in [0.5, 0.6) is 0 Å². The zero-order valence-electron chi connectivity index (χ0n) is 11.8. The summed E-state index contributed by atoms with van der Waals surface area (Å²) in [6, 6.07) is -0.0959. The smallest absolute Gasteiger partial charge is 0.243 e. The van der Waals surface area contributed by atoms with E-state index in [0.717, 1.165) is 30.4 Å². The largest absolute Gasteiger partial charge is 0.299 e. The third-order valence-electron chi connectivity index (χ3n) is 3.74. The van der Waals surface area contributed by atoms with Crippen molar-refractivity contribution < 1.29 is 4.79 Å². The van der Waals surface area contributed by atoms with E-state index in [-0.39, 0.29) is 11.9 Å². The van der Waals surface area contributed by atoms with Crippen molar-refractivity contribution in [3.8, 4) is 0 Å². The number of rotatable bonds is 4. The fraction of sp³-hybridized carbons (Fsp3) is 0.769. The second kappa shape index (κ2) is 6.43. The Kier molecular flexibility index (Phi) is 4.87. The fourth-order valence-electron chi connectivity index (χ4n) is 2.24. The second-order valence-electron chi connectivity index (χ2n) is 5.24. The van der Waals surface area contributed by atoms with Gasteiger partial charge in [-0.05, 0) is 45.2 Å². The van der Waals surface area contributed by atoms with Crippen molar-refractivity contribution in [2.24, 2.45) is 5.92 Å². The van der Waals surface area contributed by atoms with Crippen LogP contribution in [-0.4, -0.2) is 40.1 Å². The van der Waals surface area contributed by atoms with E-state index in [9.17, 15) is 4.79 Å². The third-order valence-corrected chi connectivity index (χ3v) is 4.73. The Hall–Kier alpha value is -1.01. The first-order valence-electron chi connectivity index (χ1n) is 6.97. The number of nitrogens with one attached hydrogen (secondary N) is 1. The number of carbonyl (C=O) groups excluding carboxylic acids is 1. The van der Waals surface area contributed by atoms with E-state index in [4.69, 9.17) is 0 Å². The van der Waals surface area contributed by atoms with E-state index in [1.54, 1.807) is 0 Å². The number of hydrogen-bond donors (Lipinski definition) is 1. The van der Waals surface area contributed by atoms with Crippen molar-refractivity contribution in [1.29, 1.82) is 0 Å². The maximum Gasteiger partial charge on any atom is 0.243 e. The lowest BCUT2D eigenvalue weighted by atomic mass is 9.98. The van der Waals surface area contributed by atoms with Crippen LogP contribution in [0.1, 0.15) is 38.6 Å². The van der Waals surface area contributed by atoms with Gasteiger partial charge < -0.3 is 0 Å². The Morgan fingerprint density at radius 1 is 1.47 bits per heavy atom. The van der Waals surface area contributed by atoms with Gasteiger partial charge in [0, 0.05) is 0 Å². The molecule has 0 spiro atoms. The number of aryl methyl sites for hydroxylation is 1. The lowest BCUT2D eigenvalue weighted by Gasteiger charge is -2.33. The summed E-state index contributed by atoms with van der Waals surface area (Å²) >= 11 is 1.45. The highest BCUT2D eigenvalue weighted by molar-refractivity contribution is 7.15. The lowest BCUT2D eigenvalue weighted by molar-refractivity contribution is -0.121. The van der Waals surface area contributed by atoms with Crippen molar-refractivity contribution in [3.63, 3.8) is 0 Å². The Labute approximate surface area is 118 Å².